The van der Waals surface area contributed by atoms with Crippen LogP contribution < -0.4 is 16.0 Å². The number of amides is 2. The summed E-state index contributed by atoms with van der Waals surface area (Å²) in [5.74, 6) is -0.0766. The lowest BCUT2D eigenvalue weighted by atomic mass is 9.82. The van der Waals surface area contributed by atoms with E-state index in [1.807, 2.05) is 51.1 Å². The van der Waals surface area contributed by atoms with Gasteiger partial charge in [-0.3, -0.25) is 0 Å². The Bertz CT molecular complexity index is 586. The van der Waals surface area contributed by atoms with Gasteiger partial charge in [0.2, 0.25) is 0 Å². The van der Waals surface area contributed by atoms with Crippen molar-refractivity contribution in [1.29, 1.82) is 0 Å². The van der Waals surface area contributed by atoms with Gasteiger partial charge in [-0.25, -0.2) is 9.59 Å². The van der Waals surface area contributed by atoms with Crippen LogP contribution in [0.4, 0.5) is 9.59 Å². The summed E-state index contributed by atoms with van der Waals surface area (Å²) in [6.07, 6.45) is -0.836. The third-order valence-electron chi connectivity index (χ3n) is 4.10. The Labute approximate surface area is 148 Å². The number of carboxylic acid groups (broad SMARTS) is 1. The van der Waals surface area contributed by atoms with Gasteiger partial charge >= 0.3 is 12.2 Å². The molecule has 1 saturated heterocycles. The topological polar surface area (TPSA) is 99.7 Å². The fraction of sp³-hybridized carbons (Fsp3) is 0.556. The monoisotopic (exact) mass is 349 g/mol. The van der Waals surface area contributed by atoms with Crippen molar-refractivity contribution in [2.45, 2.75) is 44.9 Å². The number of alkyl carbamates (subject to hydrolysis) is 1. The number of carbonyl (C=O) groups is 2. The first-order valence-electron chi connectivity index (χ1n) is 8.51. The summed E-state index contributed by atoms with van der Waals surface area (Å²) in [5.41, 5.74) is 0.299. The van der Waals surface area contributed by atoms with Crippen molar-refractivity contribution in [1.82, 2.24) is 16.0 Å². The molecule has 3 unspecified atom stereocenters. The molecule has 138 valence electrons. The molecule has 1 aliphatic rings. The van der Waals surface area contributed by atoms with E-state index in [1.165, 1.54) is 0 Å². The van der Waals surface area contributed by atoms with Gasteiger partial charge in [-0.1, -0.05) is 30.3 Å². The Morgan fingerprint density at radius 2 is 1.96 bits per heavy atom. The van der Waals surface area contributed by atoms with Gasteiger partial charge in [-0.2, -0.15) is 0 Å². The van der Waals surface area contributed by atoms with Gasteiger partial charge in [0.05, 0.1) is 6.04 Å². The Morgan fingerprint density at radius 3 is 2.56 bits per heavy atom. The number of ether oxygens (including phenoxy) is 1. The Hall–Kier alpha value is -2.28. The minimum Gasteiger partial charge on any atom is -0.465 e. The molecule has 1 aliphatic heterocycles. The average Bonchev–Trinajstić information content (AvgIpc) is 2.52. The molecule has 1 fully saturated rings. The van der Waals surface area contributed by atoms with E-state index in [1.54, 1.807) is 0 Å². The van der Waals surface area contributed by atoms with Crippen LogP contribution in [0.25, 0.3) is 0 Å². The van der Waals surface area contributed by atoms with Gasteiger partial charge in [0.25, 0.3) is 0 Å². The normalized spacial score (nSPS) is 21.9. The van der Waals surface area contributed by atoms with Gasteiger partial charge < -0.3 is 25.8 Å². The number of piperidine rings is 1. The molecule has 1 aromatic rings. The Morgan fingerprint density at radius 1 is 1.28 bits per heavy atom. The lowest BCUT2D eigenvalue weighted by molar-refractivity contribution is 0.0464. The number of hydrogen-bond donors (Lipinski definition) is 4. The highest BCUT2D eigenvalue weighted by atomic mass is 16.6. The smallest absolute Gasteiger partial charge is 0.407 e. The lowest BCUT2D eigenvalue weighted by Gasteiger charge is -2.38. The number of nitrogens with one attached hydrogen (secondary N) is 3. The molecule has 3 atom stereocenters. The van der Waals surface area contributed by atoms with Crippen LogP contribution in [0.2, 0.25) is 0 Å². The zero-order valence-corrected chi connectivity index (χ0v) is 14.9. The van der Waals surface area contributed by atoms with E-state index >= 15 is 0 Å². The van der Waals surface area contributed by atoms with Gasteiger partial charge in [0.1, 0.15) is 5.60 Å². The van der Waals surface area contributed by atoms with Crippen LogP contribution in [-0.4, -0.2) is 42.0 Å². The molecule has 2 amide bonds. The second-order valence-electron chi connectivity index (χ2n) is 7.25. The van der Waals surface area contributed by atoms with Crippen LogP contribution in [-0.2, 0) is 4.74 Å². The highest BCUT2D eigenvalue weighted by Crippen LogP contribution is 2.29. The maximum Gasteiger partial charge on any atom is 0.407 e. The first-order valence-corrected chi connectivity index (χ1v) is 8.51. The maximum atomic E-state index is 12.2. The standard InChI is InChI=1S/C18H27N3O4/c1-18(2,3)25-17(24)20-14-11-19-10-9-13(14)15(21-16(22)23)12-7-5-4-6-8-12/h4-8,13-15,19,21H,9-11H2,1-3H3,(H,20,24)(H,22,23). The molecule has 0 aliphatic carbocycles. The summed E-state index contributed by atoms with van der Waals surface area (Å²) < 4.78 is 5.34. The predicted molar refractivity (Wildman–Crippen MR) is 94.5 cm³/mol. The average molecular weight is 349 g/mol. The van der Waals surface area contributed by atoms with E-state index in [2.05, 4.69) is 16.0 Å². The third-order valence-corrected chi connectivity index (χ3v) is 4.10. The van der Waals surface area contributed by atoms with Crippen molar-refractivity contribution in [3.05, 3.63) is 35.9 Å². The molecule has 25 heavy (non-hydrogen) atoms. The second kappa shape index (κ2) is 8.20. The Kier molecular flexibility index (Phi) is 6.25. The molecule has 7 heteroatoms. The molecule has 2 rings (SSSR count). The number of hydrogen-bond acceptors (Lipinski definition) is 4. The van der Waals surface area contributed by atoms with Crippen LogP contribution in [0.15, 0.2) is 30.3 Å². The molecule has 0 radical (unpaired) electrons. The van der Waals surface area contributed by atoms with Crippen molar-refractivity contribution in [2.75, 3.05) is 13.1 Å². The van der Waals surface area contributed by atoms with Crippen molar-refractivity contribution in [3.8, 4) is 0 Å². The van der Waals surface area contributed by atoms with Crippen LogP contribution in [0.5, 0.6) is 0 Å². The molecule has 7 nitrogen and oxygen atoms in total. The van der Waals surface area contributed by atoms with E-state index in [9.17, 15) is 14.7 Å². The lowest BCUT2D eigenvalue weighted by Crippen LogP contribution is -2.55. The molecule has 1 heterocycles. The minimum absolute atomic E-state index is 0.0766. The van der Waals surface area contributed by atoms with Crippen LogP contribution in [0, 0.1) is 5.92 Å². The SMILES string of the molecule is CC(C)(C)OC(=O)NC1CNCCC1C(NC(=O)O)c1ccccc1. The van der Waals surface area contributed by atoms with E-state index in [4.69, 9.17) is 4.74 Å². The molecule has 0 aromatic heterocycles. The summed E-state index contributed by atoms with van der Waals surface area (Å²) in [6, 6.07) is 8.80. The zero-order chi connectivity index (χ0) is 18.4. The molecule has 4 N–H and O–H groups in total. The second-order valence-corrected chi connectivity index (χ2v) is 7.25. The highest BCUT2D eigenvalue weighted by Gasteiger charge is 2.35. The van der Waals surface area contributed by atoms with Gasteiger partial charge in [-0.05, 0) is 39.3 Å². The van der Waals surface area contributed by atoms with Crippen LogP contribution >= 0.6 is 0 Å². The summed E-state index contributed by atoms with van der Waals surface area (Å²) in [7, 11) is 0. The molecule has 1 aromatic carbocycles. The highest BCUT2D eigenvalue weighted by molar-refractivity contribution is 5.68. The van der Waals surface area contributed by atoms with Crippen molar-refractivity contribution in [3.63, 3.8) is 0 Å². The van der Waals surface area contributed by atoms with Gasteiger partial charge in [0.15, 0.2) is 0 Å². The molecular formula is C18H27N3O4. The van der Waals surface area contributed by atoms with E-state index in [0.717, 1.165) is 18.5 Å². The summed E-state index contributed by atoms with van der Waals surface area (Å²) in [4.78, 5) is 23.5. The first-order chi connectivity index (χ1) is 11.8. The quantitative estimate of drug-likeness (QED) is 0.669. The van der Waals surface area contributed by atoms with E-state index in [-0.39, 0.29) is 12.0 Å². The summed E-state index contributed by atoms with van der Waals surface area (Å²) >= 11 is 0. The predicted octanol–water partition coefficient (Wildman–Crippen LogP) is 2.50. The van der Waals surface area contributed by atoms with Crippen molar-refractivity contribution < 1.29 is 19.4 Å². The van der Waals surface area contributed by atoms with Crippen molar-refractivity contribution in [2.24, 2.45) is 5.92 Å². The van der Waals surface area contributed by atoms with E-state index < -0.39 is 23.8 Å². The summed E-state index contributed by atoms with van der Waals surface area (Å²) in [5, 5.41) is 18.0. The Balaban J connectivity index is 2.18. The molecule has 0 spiro atoms. The zero-order valence-electron chi connectivity index (χ0n) is 14.9. The van der Waals surface area contributed by atoms with Gasteiger partial charge in [-0.15, -0.1) is 0 Å². The molecule has 0 bridgehead atoms. The number of carbonyl (C=O) groups excluding carboxylic acids is 1. The minimum atomic E-state index is -1.08. The largest absolute Gasteiger partial charge is 0.465 e. The number of benzene rings is 1. The number of rotatable bonds is 4. The molecular weight excluding hydrogens is 322 g/mol. The summed E-state index contributed by atoms with van der Waals surface area (Å²) in [6.45, 7) is 6.75. The fourth-order valence-electron chi connectivity index (χ4n) is 3.13. The van der Waals surface area contributed by atoms with Gasteiger partial charge in [0, 0.05) is 18.5 Å². The van der Waals surface area contributed by atoms with Crippen LogP contribution in [0.3, 0.4) is 0 Å². The van der Waals surface area contributed by atoms with E-state index in [0.29, 0.717) is 6.54 Å². The third kappa shape index (κ3) is 5.94. The van der Waals surface area contributed by atoms with Crippen LogP contribution in [0.1, 0.15) is 38.8 Å². The fourth-order valence-corrected chi connectivity index (χ4v) is 3.13. The maximum absolute atomic E-state index is 12.2. The van der Waals surface area contributed by atoms with Crippen molar-refractivity contribution >= 4 is 12.2 Å². The first kappa shape index (κ1) is 19.1. The molecule has 0 saturated carbocycles.